The molecule has 1 fully saturated rings. The van der Waals surface area contributed by atoms with Crippen LogP contribution in [-0.2, 0) is 24.3 Å². The van der Waals surface area contributed by atoms with Crippen LogP contribution in [0.3, 0.4) is 0 Å². The Morgan fingerprint density at radius 2 is 2.47 bits per heavy atom. The first-order chi connectivity index (χ1) is 8.40. The third-order valence-corrected chi connectivity index (χ3v) is 3.91. The molecule has 3 rings (SSSR count). The van der Waals surface area contributed by atoms with Crippen molar-refractivity contribution in [3.8, 4) is 0 Å². The number of rotatable bonds is 2. The van der Waals surface area contributed by atoms with Gasteiger partial charge in [0.05, 0.1) is 18.9 Å². The van der Waals surface area contributed by atoms with Crippen LogP contribution in [0.4, 0.5) is 0 Å². The van der Waals surface area contributed by atoms with Crippen molar-refractivity contribution in [2.24, 2.45) is 0 Å². The normalized spacial score (nSPS) is 24.6. The second-order valence-electron chi connectivity index (χ2n) is 4.97. The highest BCUT2D eigenvalue weighted by atomic mass is 16.5. The van der Waals surface area contributed by atoms with Gasteiger partial charge in [-0.05, 0) is 26.3 Å². The van der Waals surface area contributed by atoms with Gasteiger partial charge in [0.15, 0.2) is 0 Å². The summed E-state index contributed by atoms with van der Waals surface area (Å²) in [6.45, 7) is 6.99. The minimum absolute atomic E-state index is 0.590. The summed E-state index contributed by atoms with van der Waals surface area (Å²) in [7, 11) is 0. The summed E-state index contributed by atoms with van der Waals surface area (Å²) in [5.41, 5.74) is 4.10. The van der Waals surface area contributed by atoms with Gasteiger partial charge in [-0.1, -0.05) is 0 Å². The Morgan fingerprint density at radius 1 is 1.53 bits per heavy atom. The molecule has 2 aliphatic heterocycles. The summed E-state index contributed by atoms with van der Waals surface area (Å²) in [6.07, 6.45) is 3.55. The summed E-state index contributed by atoms with van der Waals surface area (Å²) in [6, 6.07) is 0. The van der Waals surface area contributed by atoms with E-state index in [1.165, 1.54) is 29.8 Å². The Balaban J connectivity index is 1.95. The molecule has 3 heterocycles. The van der Waals surface area contributed by atoms with Crippen LogP contribution in [0, 0.1) is 0 Å². The number of aryl methyl sites for hydroxylation is 1. The number of aromatic nitrogens is 2. The minimum atomic E-state index is 0.590. The van der Waals surface area contributed by atoms with Crippen LogP contribution in [0.2, 0.25) is 0 Å². The topological polar surface area (TPSA) is 39.1 Å². The molecule has 1 saturated heterocycles. The van der Waals surface area contributed by atoms with Crippen molar-refractivity contribution in [2.75, 3.05) is 19.7 Å². The second kappa shape index (κ2) is 4.78. The first kappa shape index (κ1) is 11.2. The molecule has 0 saturated carbocycles. The van der Waals surface area contributed by atoms with Gasteiger partial charge in [0.25, 0.3) is 0 Å². The fourth-order valence-electron chi connectivity index (χ4n) is 3.01. The van der Waals surface area contributed by atoms with Crippen LogP contribution in [0.1, 0.15) is 42.6 Å². The predicted molar refractivity (Wildman–Crippen MR) is 66.1 cm³/mol. The summed E-state index contributed by atoms with van der Waals surface area (Å²) in [4.78, 5) is 0. The van der Waals surface area contributed by atoms with E-state index in [2.05, 4.69) is 16.9 Å². The van der Waals surface area contributed by atoms with Gasteiger partial charge in [0, 0.05) is 36.7 Å². The largest absolute Gasteiger partial charge is 0.376 e. The van der Waals surface area contributed by atoms with E-state index in [1.54, 1.807) is 0 Å². The average Bonchev–Trinajstić information content (AvgIpc) is 2.78. The summed E-state index contributed by atoms with van der Waals surface area (Å²) >= 11 is 0. The van der Waals surface area contributed by atoms with Crippen molar-refractivity contribution in [3.63, 3.8) is 0 Å². The molecule has 2 aliphatic rings. The quantitative estimate of drug-likeness (QED) is 0.843. The number of nitrogens with zero attached hydrogens (tertiary/aromatic N) is 2. The van der Waals surface area contributed by atoms with Crippen LogP contribution in [0.15, 0.2) is 0 Å². The minimum Gasteiger partial charge on any atom is -0.376 e. The predicted octanol–water partition coefficient (Wildman–Crippen LogP) is 1.44. The molecule has 0 amide bonds. The third-order valence-electron chi connectivity index (χ3n) is 3.91. The first-order valence-electron chi connectivity index (χ1n) is 6.77. The van der Waals surface area contributed by atoms with E-state index < -0.39 is 0 Å². The molecular weight excluding hydrogens is 214 g/mol. The summed E-state index contributed by atoms with van der Waals surface area (Å²) in [5.74, 6) is 0.590. The number of fused-ring (bicyclic) bond motifs is 1. The maximum atomic E-state index is 5.61. The molecule has 94 valence electrons. The van der Waals surface area contributed by atoms with Gasteiger partial charge < -0.3 is 10.1 Å². The highest BCUT2D eigenvalue weighted by Gasteiger charge is 2.26. The van der Waals surface area contributed by atoms with Gasteiger partial charge in [0.2, 0.25) is 0 Å². The zero-order valence-electron chi connectivity index (χ0n) is 10.5. The van der Waals surface area contributed by atoms with E-state index >= 15 is 0 Å². The number of hydrogen-bond donors (Lipinski definition) is 1. The van der Waals surface area contributed by atoms with Crippen LogP contribution in [0.25, 0.3) is 0 Å². The molecule has 0 bridgehead atoms. The third kappa shape index (κ3) is 2.00. The lowest BCUT2D eigenvalue weighted by atomic mass is 9.92. The first-order valence-corrected chi connectivity index (χ1v) is 6.77. The van der Waals surface area contributed by atoms with E-state index in [9.17, 15) is 0 Å². The molecule has 4 heteroatoms. The number of nitrogens with one attached hydrogen (secondary N) is 1. The zero-order chi connectivity index (χ0) is 11.7. The maximum absolute atomic E-state index is 5.61. The van der Waals surface area contributed by atoms with Crippen LogP contribution in [0.5, 0.6) is 0 Å². The zero-order valence-corrected chi connectivity index (χ0v) is 10.5. The molecule has 1 aromatic rings. The van der Waals surface area contributed by atoms with Crippen molar-refractivity contribution in [2.45, 2.75) is 45.3 Å². The Hall–Kier alpha value is -0.870. The van der Waals surface area contributed by atoms with Gasteiger partial charge in [-0.3, -0.25) is 4.68 Å². The molecule has 0 radical (unpaired) electrons. The van der Waals surface area contributed by atoms with Gasteiger partial charge in [-0.15, -0.1) is 0 Å². The fourth-order valence-corrected chi connectivity index (χ4v) is 3.01. The molecule has 0 aliphatic carbocycles. The van der Waals surface area contributed by atoms with Crippen LogP contribution in [-0.4, -0.2) is 29.5 Å². The molecule has 4 nitrogen and oxygen atoms in total. The van der Waals surface area contributed by atoms with Crippen molar-refractivity contribution in [3.05, 3.63) is 17.0 Å². The molecule has 1 N–H and O–H groups in total. The fraction of sp³-hybridized carbons (Fsp3) is 0.769. The van der Waals surface area contributed by atoms with E-state index in [0.29, 0.717) is 5.92 Å². The van der Waals surface area contributed by atoms with Crippen LogP contribution >= 0.6 is 0 Å². The lowest BCUT2D eigenvalue weighted by molar-refractivity contribution is 0.108. The molecule has 0 spiro atoms. The summed E-state index contributed by atoms with van der Waals surface area (Å²) < 4.78 is 7.79. The Morgan fingerprint density at radius 3 is 3.24 bits per heavy atom. The van der Waals surface area contributed by atoms with E-state index in [0.717, 1.165) is 39.3 Å². The van der Waals surface area contributed by atoms with E-state index in [4.69, 9.17) is 9.84 Å². The highest BCUT2D eigenvalue weighted by molar-refractivity contribution is 5.30. The van der Waals surface area contributed by atoms with Crippen LogP contribution < -0.4 is 5.32 Å². The Kier molecular flexibility index (Phi) is 3.16. The van der Waals surface area contributed by atoms with Crippen molar-refractivity contribution in [1.82, 2.24) is 15.1 Å². The number of piperidine rings is 1. The standard InChI is InChI=1S/C13H21N3O/c1-2-16-12-5-7-17-9-11(12)13(15-16)10-4-3-6-14-8-10/h10,14H,2-9H2,1H3. The molecule has 1 aromatic heterocycles. The maximum Gasteiger partial charge on any atom is 0.0753 e. The Bertz CT molecular complexity index is 394. The molecule has 1 unspecified atom stereocenters. The second-order valence-corrected chi connectivity index (χ2v) is 4.97. The Labute approximate surface area is 102 Å². The highest BCUT2D eigenvalue weighted by Crippen LogP contribution is 2.30. The van der Waals surface area contributed by atoms with Crippen molar-refractivity contribution < 1.29 is 4.74 Å². The number of hydrogen-bond acceptors (Lipinski definition) is 3. The van der Waals surface area contributed by atoms with Gasteiger partial charge in [-0.2, -0.15) is 5.10 Å². The van der Waals surface area contributed by atoms with E-state index in [1.807, 2.05) is 0 Å². The summed E-state index contributed by atoms with van der Waals surface area (Å²) in [5, 5.41) is 8.31. The lowest BCUT2D eigenvalue weighted by Crippen LogP contribution is -2.29. The molecule has 0 aromatic carbocycles. The molecular formula is C13H21N3O. The number of ether oxygens (including phenoxy) is 1. The lowest BCUT2D eigenvalue weighted by Gasteiger charge is -2.23. The van der Waals surface area contributed by atoms with Gasteiger partial charge in [0.1, 0.15) is 0 Å². The van der Waals surface area contributed by atoms with Crippen molar-refractivity contribution in [1.29, 1.82) is 0 Å². The van der Waals surface area contributed by atoms with Crippen molar-refractivity contribution >= 4 is 0 Å². The van der Waals surface area contributed by atoms with Gasteiger partial charge in [-0.25, -0.2) is 0 Å². The van der Waals surface area contributed by atoms with Gasteiger partial charge >= 0.3 is 0 Å². The smallest absolute Gasteiger partial charge is 0.0753 e. The SMILES string of the molecule is CCn1nc(C2CCCNC2)c2c1CCOC2. The monoisotopic (exact) mass is 235 g/mol. The molecule has 17 heavy (non-hydrogen) atoms. The van der Waals surface area contributed by atoms with E-state index in [-0.39, 0.29) is 0 Å². The average molecular weight is 235 g/mol. The molecule has 1 atom stereocenters.